The Kier molecular flexibility index (Phi) is 3.87. The molecule has 0 saturated carbocycles. The number of nitrogens with zero attached hydrogens (tertiary/aromatic N) is 2. The second-order valence-electron chi connectivity index (χ2n) is 4.15. The lowest BCUT2D eigenvalue weighted by Crippen LogP contribution is -1.98. The van der Waals surface area contributed by atoms with Crippen LogP contribution in [0.4, 0.5) is 0 Å². The molecule has 100 valence electrons. The lowest BCUT2D eigenvalue weighted by atomic mass is 10.2. The minimum atomic E-state index is 0.562. The molecule has 0 aliphatic rings. The minimum absolute atomic E-state index is 0.562. The van der Waals surface area contributed by atoms with Crippen LogP contribution in [0.3, 0.4) is 0 Å². The van der Waals surface area contributed by atoms with Gasteiger partial charge in [0, 0.05) is 14.5 Å². The molecule has 0 unspecified atom stereocenters. The van der Waals surface area contributed by atoms with E-state index in [1.54, 1.807) is 0 Å². The molecule has 0 radical (unpaired) electrons. The number of aromatic nitrogens is 3. The molecular weight excluding hydrogens is 402 g/mol. The Morgan fingerprint density at radius 3 is 2.50 bits per heavy atom. The van der Waals surface area contributed by atoms with Gasteiger partial charge in [-0.25, -0.2) is 0 Å². The van der Waals surface area contributed by atoms with E-state index in [4.69, 9.17) is 12.2 Å². The smallest absolute Gasteiger partial charge is 0.200 e. The van der Waals surface area contributed by atoms with Gasteiger partial charge < -0.3 is 0 Å². The van der Waals surface area contributed by atoms with E-state index >= 15 is 0 Å². The van der Waals surface area contributed by atoms with Crippen LogP contribution in [0.15, 0.2) is 57.5 Å². The van der Waals surface area contributed by atoms with Gasteiger partial charge in [-0.3, -0.25) is 9.67 Å². The quantitative estimate of drug-likeness (QED) is 0.594. The van der Waals surface area contributed by atoms with E-state index in [0.717, 1.165) is 26.0 Å². The third kappa shape index (κ3) is 2.51. The fraction of sp³-hybridized carbons (Fsp3) is 0. The molecular formula is C14H9Br2N3S. The van der Waals surface area contributed by atoms with Crippen molar-refractivity contribution in [2.75, 3.05) is 0 Å². The van der Waals surface area contributed by atoms with E-state index in [-0.39, 0.29) is 0 Å². The molecule has 3 aromatic rings. The van der Waals surface area contributed by atoms with Crippen molar-refractivity contribution in [3.8, 4) is 17.1 Å². The van der Waals surface area contributed by atoms with Crippen LogP contribution in [-0.4, -0.2) is 14.8 Å². The summed E-state index contributed by atoms with van der Waals surface area (Å²) in [6.45, 7) is 0. The van der Waals surface area contributed by atoms with E-state index < -0.39 is 0 Å². The molecule has 0 amide bonds. The summed E-state index contributed by atoms with van der Waals surface area (Å²) in [7, 11) is 0. The summed E-state index contributed by atoms with van der Waals surface area (Å²) in [6, 6.07) is 15.9. The molecule has 0 aliphatic carbocycles. The Morgan fingerprint density at radius 1 is 1.05 bits per heavy atom. The van der Waals surface area contributed by atoms with Crippen molar-refractivity contribution in [2.45, 2.75) is 0 Å². The Morgan fingerprint density at radius 2 is 1.80 bits per heavy atom. The van der Waals surface area contributed by atoms with Gasteiger partial charge in [0.25, 0.3) is 0 Å². The summed E-state index contributed by atoms with van der Waals surface area (Å²) < 4.78 is 4.43. The molecule has 0 atom stereocenters. The average molecular weight is 411 g/mol. The van der Waals surface area contributed by atoms with E-state index in [2.05, 4.69) is 42.1 Å². The topological polar surface area (TPSA) is 33.6 Å². The molecule has 3 nitrogen and oxygen atoms in total. The lowest BCUT2D eigenvalue weighted by molar-refractivity contribution is 1.03. The zero-order chi connectivity index (χ0) is 14.1. The van der Waals surface area contributed by atoms with Crippen LogP contribution in [-0.2, 0) is 0 Å². The van der Waals surface area contributed by atoms with Crippen molar-refractivity contribution in [2.24, 2.45) is 0 Å². The Balaban J connectivity index is 2.25. The van der Waals surface area contributed by atoms with Crippen molar-refractivity contribution in [1.29, 1.82) is 0 Å². The second kappa shape index (κ2) is 5.63. The predicted molar refractivity (Wildman–Crippen MR) is 89.6 cm³/mol. The van der Waals surface area contributed by atoms with Crippen molar-refractivity contribution in [3.05, 3.63) is 62.2 Å². The highest BCUT2D eigenvalue weighted by Crippen LogP contribution is 2.29. The van der Waals surface area contributed by atoms with Gasteiger partial charge >= 0.3 is 0 Å². The largest absolute Gasteiger partial charge is 0.267 e. The number of rotatable bonds is 2. The number of nitrogens with one attached hydrogen (secondary N) is 1. The zero-order valence-electron chi connectivity index (χ0n) is 10.2. The van der Waals surface area contributed by atoms with E-state index in [1.165, 1.54) is 0 Å². The van der Waals surface area contributed by atoms with Crippen LogP contribution in [0.1, 0.15) is 0 Å². The van der Waals surface area contributed by atoms with Gasteiger partial charge in [-0.1, -0.05) is 46.3 Å². The maximum absolute atomic E-state index is 5.36. The summed E-state index contributed by atoms with van der Waals surface area (Å²) in [5.41, 5.74) is 1.96. The monoisotopic (exact) mass is 409 g/mol. The minimum Gasteiger partial charge on any atom is -0.267 e. The van der Waals surface area contributed by atoms with Gasteiger partial charge in [-0.05, 0) is 46.3 Å². The molecule has 0 fully saturated rings. The van der Waals surface area contributed by atoms with Crippen molar-refractivity contribution in [3.63, 3.8) is 0 Å². The van der Waals surface area contributed by atoms with E-state index in [0.29, 0.717) is 4.77 Å². The van der Waals surface area contributed by atoms with Crippen LogP contribution < -0.4 is 0 Å². The first-order chi connectivity index (χ1) is 9.66. The normalized spacial score (nSPS) is 10.7. The fourth-order valence-corrected chi connectivity index (χ4v) is 3.42. The first kappa shape index (κ1) is 13.7. The average Bonchev–Trinajstić information content (AvgIpc) is 2.82. The zero-order valence-corrected chi connectivity index (χ0v) is 14.2. The van der Waals surface area contributed by atoms with Crippen LogP contribution >= 0.6 is 44.1 Å². The molecule has 1 N–H and O–H groups in total. The maximum Gasteiger partial charge on any atom is 0.200 e. The molecule has 2 aromatic carbocycles. The molecule has 20 heavy (non-hydrogen) atoms. The molecule has 1 heterocycles. The van der Waals surface area contributed by atoms with Gasteiger partial charge in [-0.15, -0.1) is 0 Å². The highest BCUT2D eigenvalue weighted by atomic mass is 79.9. The molecule has 0 aliphatic heterocycles. The third-order valence-corrected chi connectivity index (χ3v) is 4.26. The number of H-pyrrole nitrogens is 1. The standard InChI is InChI=1S/C14H9Br2N3S/c15-10-6-7-12(11(16)8-10)19-13(17-18-14(19)20)9-4-2-1-3-5-9/h1-8H,(H,18,20). The lowest BCUT2D eigenvalue weighted by Gasteiger charge is -2.09. The van der Waals surface area contributed by atoms with Crippen LogP contribution in [0.5, 0.6) is 0 Å². The van der Waals surface area contributed by atoms with Gasteiger partial charge in [0.05, 0.1) is 5.69 Å². The summed E-state index contributed by atoms with van der Waals surface area (Å²) in [5, 5.41) is 7.20. The predicted octanol–water partition coefficient (Wildman–Crippen LogP) is 5.12. The van der Waals surface area contributed by atoms with Crippen molar-refractivity contribution in [1.82, 2.24) is 14.8 Å². The molecule has 0 saturated heterocycles. The summed E-state index contributed by atoms with van der Waals surface area (Å²) in [6.07, 6.45) is 0. The van der Waals surface area contributed by atoms with Gasteiger partial charge in [-0.2, -0.15) is 5.10 Å². The Labute approximate surface area is 137 Å². The van der Waals surface area contributed by atoms with E-state index in [9.17, 15) is 0 Å². The number of aromatic amines is 1. The van der Waals surface area contributed by atoms with Crippen molar-refractivity contribution >= 4 is 44.1 Å². The molecule has 0 bridgehead atoms. The Bertz CT molecular complexity index is 809. The molecule has 0 spiro atoms. The second-order valence-corrected chi connectivity index (χ2v) is 6.31. The Hall–Kier alpha value is -1.24. The summed E-state index contributed by atoms with van der Waals surface area (Å²) in [5.74, 6) is 0.790. The van der Waals surface area contributed by atoms with Gasteiger partial charge in [0.2, 0.25) is 0 Å². The molecule has 3 rings (SSSR count). The highest BCUT2D eigenvalue weighted by molar-refractivity contribution is 9.11. The molecule has 6 heteroatoms. The van der Waals surface area contributed by atoms with Crippen LogP contribution in [0.25, 0.3) is 17.1 Å². The number of hydrogen-bond donors (Lipinski definition) is 1. The SMILES string of the molecule is S=c1[nH]nc(-c2ccccc2)n1-c1ccc(Br)cc1Br. The van der Waals surface area contributed by atoms with Crippen LogP contribution in [0.2, 0.25) is 0 Å². The number of benzene rings is 2. The summed E-state index contributed by atoms with van der Waals surface area (Å²) >= 11 is 12.4. The first-order valence-electron chi connectivity index (χ1n) is 5.85. The van der Waals surface area contributed by atoms with Gasteiger partial charge in [0.1, 0.15) is 0 Å². The number of halogens is 2. The number of hydrogen-bond acceptors (Lipinski definition) is 2. The fourth-order valence-electron chi connectivity index (χ4n) is 1.96. The van der Waals surface area contributed by atoms with Crippen LogP contribution in [0, 0.1) is 4.77 Å². The third-order valence-electron chi connectivity index (χ3n) is 2.85. The maximum atomic E-state index is 5.36. The highest BCUT2D eigenvalue weighted by Gasteiger charge is 2.12. The summed E-state index contributed by atoms with van der Waals surface area (Å²) in [4.78, 5) is 0. The van der Waals surface area contributed by atoms with Gasteiger partial charge in [0.15, 0.2) is 10.6 Å². The van der Waals surface area contributed by atoms with E-state index in [1.807, 2.05) is 53.1 Å². The van der Waals surface area contributed by atoms with Crippen molar-refractivity contribution < 1.29 is 0 Å². The first-order valence-corrected chi connectivity index (χ1v) is 7.84. The molecule has 1 aromatic heterocycles.